The number of nitrogens with two attached hydrogens (primary N) is 1. The van der Waals surface area contributed by atoms with Crippen molar-refractivity contribution in [3.8, 4) is 0 Å². The molecule has 0 aromatic carbocycles. The van der Waals surface area contributed by atoms with E-state index in [0.717, 1.165) is 12.3 Å². The minimum atomic E-state index is -1.34. The van der Waals surface area contributed by atoms with E-state index in [1.807, 2.05) is 0 Å². The second-order valence-corrected chi connectivity index (χ2v) is 4.50. The molecule has 0 bridgehead atoms. The number of rotatable bonds is 1. The van der Waals surface area contributed by atoms with Crippen molar-refractivity contribution < 1.29 is 19.0 Å². The summed E-state index contributed by atoms with van der Waals surface area (Å²) >= 11 is 0. The maximum Gasteiger partial charge on any atom is 0.166 e. The maximum absolute atomic E-state index is 13.8. The van der Waals surface area contributed by atoms with Crippen molar-refractivity contribution in [3.05, 3.63) is 23.9 Å². The molecule has 1 aliphatic carbocycles. The molecule has 3 rings (SSSR count). The fraction of sp³-hybridized carbons (Fsp3) is 0.364. The van der Waals surface area contributed by atoms with Gasteiger partial charge in [-0.2, -0.15) is 0 Å². The lowest BCUT2D eigenvalue weighted by molar-refractivity contribution is 0.0480. The Kier molecular flexibility index (Phi) is 2.58. The maximum atomic E-state index is 13.8. The number of pyridine rings is 1. The summed E-state index contributed by atoms with van der Waals surface area (Å²) in [6.45, 7) is 0.0673. The van der Waals surface area contributed by atoms with Crippen LogP contribution in [0.4, 0.5) is 26.0 Å². The number of aliphatic hydroxyl groups excluding tert-OH is 2. The van der Waals surface area contributed by atoms with Crippen molar-refractivity contribution in [2.75, 3.05) is 22.6 Å². The third-order valence-corrected chi connectivity index (χ3v) is 3.37. The highest BCUT2D eigenvalue weighted by Crippen LogP contribution is 2.41. The van der Waals surface area contributed by atoms with Crippen LogP contribution in [-0.2, 0) is 0 Å². The van der Waals surface area contributed by atoms with Gasteiger partial charge in [-0.25, -0.2) is 13.8 Å². The largest absolute Gasteiger partial charge is 0.387 e. The Hall–Kier alpha value is -1.93. The predicted molar refractivity (Wildman–Crippen MR) is 64.6 cm³/mol. The molecular weight excluding hydrogens is 258 g/mol. The standard InChI is InChI=1S/C11H12F2N4O2/c12-4-1-6(18)10(19)8(4)17-3-16-7-5(13)2-15-11(14)9(7)17/h1-2,6,8,10,16,18-19H,3H2,(H2,14,15)/t6-,8-,10-/m1/s1. The second kappa shape index (κ2) is 4.04. The highest BCUT2D eigenvalue weighted by molar-refractivity contribution is 5.84. The molecule has 1 aromatic heterocycles. The van der Waals surface area contributed by atoms with Crippen molar-refractivity contribution in [2.24, 2.45) is 0 Å². The quantitative estimate of drug-likeness (QED) is 0.571. The minimum Gasteiger partial charge on any atom is -0.387 e. The number of halogens is 2. The van der Waals surface area contributed by atoms with Crippen LogP contribution >= 0.6 is 0 Å². The summed E-state index contributed by atoms with van der Waals surface area (Å²) in [5, 5.41) is 22.0. The summed E-state index contributed by atoms with van der Waals surface area (Å²) in [6.07, 6.45) is -0.736. The Morgan fingerprint density at radius 3 is 2.79 bits per heavy atom. The van der Waals surface area contributed by atoms with Crippen LogP contribution in [-0.4, -0.2) is 40.1 Å². The van der Waals surface area contributed by atoms with Crippen molar-refractivity contribution in [1.29, 1.82) is 0 Å². The van der Waals surface area contributed by atoms with E-state index >= 15 is 0 Å². The van der Waals surface area contributed by atoms with Gasteiger partial charge in [0.1, 0.15) is 41.3 Å². The molecule has 0 spiro atoms. The van der Waals surface area contributed by atoms with Crippen LogP contribution < -0.4 is 16.0 Å². The van der Waals surface area contributed by atoms with E-state index in [4.69, 9.17) is 5.73 Å². The van der Waals surface area contributed by atoms with Crippen LogP contribution in [0.1, 0.15) is 0 Å². The predicted octanol–water partition coefficient (Wildman–Crippen LogP) is -0.0503. The van der Waals surface area contributed by atoms with Gasteiger partial charge in [-0.05, 0) is 6.08 Å². The lowest BCUT2D eigenvalue weighted by atomic mass is 10.1. The number of nitrogens with zero attached hydrogens (tertiary/aromatic N) is 2. The summed E-state index contributed by atoms with van der Waals surface area (Å²) in [6, 6.07) is -1.10. The Bertz CT molecular complexity index is 566. The average molecular weight is 270 g/mol. The highest BCUT2D eigenvalue weighted by Gasteiger charge is 2.43. The molecule has 0 saturated carbocycles. The summed E-state index contributed by atoms with van der Waals surface area (Å²) in [7, 11) is 0. The van der Waals surface area contributed by atoms with Gasteiger partial charge in [0.2, 0.25) is 0 Å². The molecule has 6 nitrogen and oxygen atoms in total. The second-order valence-electron chi connectivity index (χ2n) is 4.50. The van der Waals surface area contributed by atoms with Gasteiger partial charge in [0.05, 0.1) is 12.9 Å². The zero-order valence-electron chi connectivity index (χ0n) is 9.72. The SMILES string of the molecule is Nc1ncc(F)c2c1N([C@@H]1C(F)=C[C@@H](O)[C@H]1O)CN2. The van der Waals surface area contributed by atoms with Gasteiger partial charge in [0, 0.05) is 0 Å². The van der Waals surface area contributed by atoms with Gasteiger partial charge in [-0.1, -0.05) is 0 Å². The first-order valence-corrected chi connectivity index (χ1v) is 5.68. The zero-order chi connectivity index (χ0) is 13.7. The van der Waals surface area contributed by atoms with E-state index in [1.54, 1.807) is 0 Å². The number of nitrogen functional groups attached to an aromatic ring is 1. The topological polar surface area (TPSA) is 94.6 Å². The van der Waals surface area contributed by atoms with Crippen LogP contribution in [0.3, 0.4) is 0 Å². The molecule has 2 aliphatic rings. The summed E-state index contributed by atoms with van der Waals surface area (Å²) < 4.78 is 27.4. The lowest BCUT2D eigenvalue weighted by Gasteiger charge is -2.29. The van der Waals surface area contributed by atoms with E-state index in [9.17, 15) is 19.0 Å². The molecule has 0 fully saturated rings. The molecule has 0 amide bonds. The number of nitrogens with one attached hydrogen (secondary N) is 1. The molecule has 3 atom stereocenters. The normalized spacial score (nSPS) is 29.2. The number of anilines is 3. The van der Waals surface area contributed by atoms with Gasteiger partial charge in [0.25, 0.3) is 0 Å². The number of fused-ring (bicyclic) bond motifs is 1. The zero-order valence-corrected chi connectivity index (χ0v) is 9.72. The van der Waals surface area contributed by atoms with E-state index < -0.39 is 29.9 Å². The molecule has 0 unspecified atom stereocenters. The Morgan fingerprint density at radius 1 is 1.42 bits per heavy atom. The van der Waals surface area contributed by atoms with Gasteiger partial charge in [-0.3, -0.25) is 0 Å². The third kappa shape index (κ3) is 1.64. The number of aromatic nitrogens is 1. The van der Waals surface area contributed by atoms with Crippen molar-refractivity contribution in [2.45, 2.75) is 18.2 Å². The third-order valence-electron chi connectivity index (χ3n) is 3.37. The fourth-order valence-corrected chi connectivity index (χ4v) is 2.48. The van der Waals surface area contributed by atoms with Crippen LogP contribution in [0, 0.1) is 5.82 Å². The van der Waals surface area contributed by atoms with Crippen LogP contribution in [0.5, 0.6) is 0 Å². The summed E-state index contributed by atoms with van der Waals surface area (Å²) in [5.74, 6) is -1.26. The Morgan fingerprint density at radius 2 is 2.16 bits per heavy atom. The highest BCUT2D eigenvalue weighted by atomic mass is 19.1. The van der Waals surface area contributed by atoms with Crippen LogP contribution in [0.2, 0.25) is 0 Å². The lowest BCUT2D eigenvalue weighted by Crippen LogP contribution is -2.45. The summed E-state index contributed by atoms with van der Waals surface area (Å²) in [4.78, 5) is 5.03. The van der Waals surface area contributed by atoms with E-state index in [1.165, 1.54) is 4.90 Å². The summed E-state index contributed by atoms with van der Waals surface area (Å²) in [5.41, 5.74) is 5.99. The van der Waals surface area contributed by atoms with Gasteiger partial charge in [0.15, 0.2) is 5.82 Å². The molecule has 2 heterocycles. The first-order chi connectivity index (χ1) is 9.00. The van der Waals surface area contributed by atoms with Crippen LogP contribution in [0.25, 0.3) is 0 Å². The van der Waals surface area contributed by atoms with E-state index in [-0.39, 0.29) is 23.9 Å². The number of aliphatic hydroxyl groups is 2. The molecule has 0 saturated heterocycles. The Labute approximate surface area is 107 Å². The fourth-order valence-electron chi connectivity index (χ4n) is 2.48. The molecule has 1 aromatic rings. The first kappa shape index (κ1) is 12.1. The molecule has 102 valence electrons. The van der Waals surface area contributed by atoms with Gasteiger partial charge < -0.3 is 26.2 Å². The smallest absolute Gasteiger partial charge is 0.166 e. The number of hydrogen-bond acceptors (Lipinski definition) is 6. The molecule has 0 radical (unpaired) electrons. The minimum absolute atomic E-state index is 0.0304. The van der Waals surface area contributed by atoms with Crippen LogP contribution in [0.15, 0.2) is 18.1 Å². The molecule has 8 heteroatoms. The molecular formula is C11H12F2N4O2. The molecule has 1 aliphatic heterocycles. The average Bonchev–Trinajstić information content (AvgIpc) is 2.88. The number of hydrogen-bond donors (Lipinski definition) is 4. The van der Waals surface area contributed by atoms with Crippen molar-refractivity contribution in [3.63, 3.8) is 0 Å². The van der Waals surface area contributed by atoms with Gasteiger partial charge >= 0.3 is 0 Å². The monoisotopic (exact) mass is 270 g/mol. The van der Waals surface area contributed by atoms with Gasteiger partial charge in [-0.15, -0.1) is 0 Å². The van der Waals surface area contributed by atoms with Crippen molar-refractivity contribution in [1.82, 2.24) is 4.98 Å². The van der Waals surface area contributed by atoms with E-state index in [0.29, 0.717) is 0 Å². The molecule has 19 heavy (non-hydrogen) atoms. The molecule has 5 N–H and O–H groups in total. The van der Waals surface area contributed by atoms with E-state index in [2.05, 4.69) is 10.3 Å². The first-order valence-electron chi connectivity index (χ1n) is 5.68. The Balaban J connectivity index is 2.04. The van der Waals surface area contributed by atoms with Crippen molar-refractivity contribution >= 4 is 17.2 Å².